The Balaban J connectivity index is 2.99. The first-order valence-corrected chi connectivity index (χ1v) is 4.76. The second-order valence-corrected chi connectivity index (χ2v) is 3.65. The van der Waals surface area contributed by atoms with Crippen LogP contribution in [0, 0.1) is 0 Å². The molecule has 72 valence electrons. The van der Waals surface area contributed by atoms with Gasteiger partial charge in [0.05, 0.1) is 0 Å². The summed E-state index contributed by atoms with van der Waals surface area (Å²) in [6.45, 7) is 0.521. The lowest BCUT2D eigenvalue weighted by Crippen LogP contribution is -2.24. The van der Waals surface area contributed by atoms with Gasteiger partial charge < -0.3 is 11.1 Å². The number of likely N-dealkylation sites (N-methyl/N-ethyl adjacent to an activating group) is 1. The summed E-state index contributed by atoms with van der Waals surface area (Å²) in [5.41, 5.74) is 6.58. The molecule has 0 amide bonds. The van der Waals surface area contributed by atoms with Gasteiger partial charge in [-0.15, -0.1) is 0 Å². The van der Waals surface area contributed by atoms with Crippen molar-refractivity contribution >= 4 is 23.2 Å². The number of halogens is 2. The van der Waals surface area contributed by atoms with Crippen LogP contribution in [-0.2, 0) is 0 Å². The molecule has 0 aliphatic heterocycles. The highest BCUT2D eigenvalue weighted by molar-refractivity contribution is 6.34. The van der Waals surface area contributed by atoms with Gasteiger partial charge in [-0.1, -0.05) is 23.2 Å². The van der Waals surface area contributed by atoms with Crippen LogP contribution in [0.4, 0.5) is 0 Å². The Labute approximate surface area is 88.0 Å². The first kappa shape index (κ1) is 10.8. The summed E-state index contributed by atoms with van der Waals surface area (Å²) in [7, 11) is 1.85. The summed E-state index contributed by atoms with van der Waals surface area (Å²) < 4.78 is 0. The SMILES string of the molecule is CNC(CN)c1cc(Cl)cc(Cl)c1. The number of nitrogens with one attached hydrogen (secondary N) is 1. The van der Waals surface area contributed by atoms with E-state index in [0.717, 1.165) is 5.56 Å². The van der Waals surface area contributed by atoms with Gasteiger partial charge in [0.1, 0.15) is 0 Å². The Morgan fingerprint density at radius 2 is 1.85 bits per heavy atom. The van der Waals surface area contributed by atoms with Crippen LogP contribution in [0.15, 0.2) is 18.2 Å². The predicted molar refractivity (Wildman–Crippen MR) is 57.3 cm³/mol. The average molecular weight is 219 g/mol. The van der Waals surface area contributed by atoms with E-state index in [4.69, 9.17) is 28.9 Å². The van der Waals surface area contributed by atoms with Crippen LogP contribution in [0.25, 0.3) is 0 Å². The van der Waals surface area contributed by atoms with Crippen LogP contribution in [-0.4, -0.2) is 13.6 Å². The fourth-order valence-electron chi connectivity index (χ4n) is 1.20. The van der Waals surface area contributed by atoms with Crippen LogP contribution < -0.4 is 11.1 Å². The van der Waals surface area contributed by atoms with Crippen LogP contribution in [0.5, 0.6) is 0 Å². The van der Waals surface area contributed by atoms with Gasteiger partial charge in [-0.05, 0) is 30.8 Å². The van der Waals surface area contributed by atoms with Gasteiger partial charge >= 0.3 is 0 Å². The molecule has 2 nitrogen and oxygen atoms in total. The second-order valence-electron chi connectivity index (χ2n) is 2.78. The van der Waals surface area contributed by atoms with Gasteiger partial charge in [0.2, 0.25) is 0 Å². The molecule has 1 atom stereocenters. The van der Waals surface area contributed by atoms with E-state index in [0.29, 0.717) is 16.6 Å². The van der Waals surface area contributed by atoms with Gasteiger partial charge in [-0.2, -0.15) is 0 Å². The molecular weight excluding hydrogens is 207 g/mol. The third-order valence-corrected chi connectivity index (χ3v) is 2.31. The van der Waals surface area contributed by atoms with Crippen molar-refractivity contribution in [3.05, 3.63) is 33.8 Å². The maximum Gasteiger partial charge on any atom is 0.0443 e. The Morgan fingerprint density at radius 3 is 2.23 bits per heavy atom. The molecule has 13 heavy (non-hydrogen) atoms. The fourth-order valence-corrected chi connectivity index (χ4v) is 1.74. The molecule has 1 rings (SSSR count). The highest BCUT2D eigenvalue weighted by Gasteiger charge is 2.07. The maximum absolute atomic E-state index is 5.86. The lowest BCUT2D eigenvalue weighted by molar-refractivity contribution is 0.606. The third kappa shape index (κ3) is 2.85. The molecule has 0 saturated heterocycles. The molecule has 4 heteroatoms. The van der Waals surface area contributed by atoms with Crippen molar-refractivity contribution < 1.29 is 0 Å². The highest BCUT2D eigenvalue weighted by Crippen LogP contribution is 2.22. The molecule has 1 unspecified atom stereocenters. The summed E-state index contributed by atoms with van der Waals surface area (Å²) in [5, 5.41) is 4.35. The largest absolute Gasteiger partial charge is 0.329 e. The Bertz CT molecular complexity index is 265. The molecule has 3 N–H and O–H groups in total. The van der Waals surface area contributed by atoms with Crippen LogP contribution >= 0.6 is 23.2 Å². The average Bonchev–Trinajstić information content (AvgIpc) is 2.04. The summed E-state index contributed by atoms with van der Waals surface area (Å²) >= 11 is 11.7. The van der Waals surface area contributed by atoms with Gasteiger partial charge in [-0.3, -0.25) is 0 Å². The van der Waals surface area contributed by atoms with E-state index in [2.05, 4.69) is 5.32 Å². The summed E-state index contributed by atoms with van der Waals surface area (Å²) in [6, 6.07) is 5.54. The summed E-state index contributed by atoms with van der Waals surface area (Å²) in [4.78, 5) is 0. The number of benzene rings is 1. The molecule has 1 aromatic rings. The zero-order valence-electron chi connectivity index (χ0n) is 7.35. The van der Waals surface area contributed by atoms with Gasteiger partial charge in [0.15, 0.2) is 0 Å². The Kier molecular flexibility index (Phi) is 4.00. The molecule has 1 aromatic carbocycles. The first-order chi connectivity index (χ1) is 6.17. The van der Waals surface area contributed by atoms with E-state index in [-0.39, 0.29) is 6.04 Å². The van der Waals surface area contributed by atoms with Gasteiger partial charge in [-0.25, -0.2) is 0 Å². The minimum Gasteiger partial charge on any atom is -0.329 e. The first-order valence-electron chi connectivity index (χ1n) is 4.00. The maximum atomic E-state index is 5.86. The van der Waals surface area contributed by atoms with Crippen molar-refractivity contribution in [1.82, 2.24) is 5.32 Å². The van der Waals surface area contributed by atoms with Crippen LogP contribution in [0.2, 0.25) is 10.0 Å². The van der Waals surface area contributed by atoms with Crippen molar-refractivity contribution in [1.29, 1.82) is 0 Å². The molecular formula is C9H12Cl2N2. The zero-order valence-corrected chi connectivity index (χ0v) is 8.86. The summed E-state index contributed by atoms with van der Waals surface area (Å²) in [6.07, 6.45) is 0. The zero-order chi connectivity index (χ0) is 9.84. The molecule has 0 saturated carbocycles. The van der Waals surface area contributed by atoms with E-state index >= 15 is 0 Å². The molecule has 0 heterocycles. The standard InChI is InChI=1S/C9H12Cl2N2/c1-13-9(5-12)6-2-7(10)4-8(11)3-6/h2-4,9,13H,5,12H2,1H3. The minimum absolute atomic E-state index is 0.108. The molecule has 0 radical (unpaired) electrons. The van der Waals surface area contributed by atoms with Crippen molar-refractivity contribution in [2.45, 2.75) is 6.04 Å². The van der Waals surface area contributed by atoms with E-state index in [1.165, 1.54) is 0 Å². The van der Waals surface area contributed by atoms with E-state index in [1.54, 1.807) is 6.07 Å². The van der Waals surface area contributed by atoms with E-state index < -0.39 is 0 Å². The molecule has 0 aromatic heterocycles. The number of hydrogen-bond acceptors (Lipinski definition) is 2. The topological polar surface area (TPSA) is 38.0 Å². The number of rotatable bonds is 3. The summed E-state index contributed by atoms with van der Waals surface area (Å²) in [5.74, 6) is 0. The van der Waals surface area contributed by atoms with Crippen LogP contribution in [0.3, 0.4) is 0 Å². The van der Waals surface area contributed by atoms with Crippen molar-refractivity contribution in [2.24, 2.45) is 5.73 Å². The fraction of sp³-hybridized carbons (Fsp3) is 0.333. The smallest absolute Gasteiger partial charge is 0.0443 e. The Morgan fingerprint density at radius 1 is 1.31 bits per heavy atom. The quantitative estimate of drug-likeness (QED) is 0.817. The van der Waals surface area contributed by atoms with Crippen molar-refractivity contribution in [3.63, 3.8) is 0 Å². The van der Waals surface area contributed by atoms with E-state index in [9.17, 15) is 0 Å². The number of hydrogen-bond donors (Lipinski definition) is 2. The van der Waals surface area contributed by atoms with Crippen molar-refractivity contribution in [2.75, 3.05) is 13.6 Å². The van der Waals surface area contributed by atoms with Gasteiger partial charge in [0.25, 0.3) is 0 Å². The third-order valence-electron chi connectivity index (χ3n) is 1.87. The van der Waals surface area contributed by atoms with E-state index in [1.807, 2.05) is 19.2 Å². The van der Waals surface area contributed by atoms with Gasteiger partial charge in [0, 0.05) is 22.6 Å². The lowest BCUT2D eigenvalue weighted by Gasteiger charge is -2.14. The monoisotopic (exact) mass is 218 g/mol. The molecule has 0 aliphatic carbocycles. The predicted octanol–water partition coefficient (Wildman–Crippen LogP) is 2.21. The molecule has 0 aliphatic rings. The Hall–Kier alpha value is -0.280. The van der Waals surface area contributed by atoms with Crippen molar-refractivity contribution in [3.8, 4) is 0 Å². The number of nitrogens with two attached hydrogens (primary N) is 1. The molecule has 0 spiro atoms. The highest BCUT2D eigenvalue weighted by atomic mass is 35.5. The molecule has 0 fully saturated rings. The minimum atomic E-state index is 0.108. The lowest BCUT2D eigenvalue weighted by atomic mass is 10.1. The molecule has 0 bridgehead atoms. The normalized spacial score (nSPS) is 12.9. The second kappa shape index (κ2) is 4.82. The van der Waals surface area contributed by atoms with Crippen LogP contribution in [0.1, 0.15) is 11.6 Å².